The van der Waals surface area contributed by atoms with Gasteiger partial charge in [0, 0.05) is 37.8 Å². The lowest BCUT2D eigenvalue weighted by atomic mass is 10.1. The summed E-state index contributed by atoms with van der Waals surface area (Å²) in [4.78, 5) is 14.3. The Kier molecular flexibility index (Phi) is 6.21. The summed E-state index contributed by atoms with van der Waals surface area (Å²) >= 11 is 0. The predicted molar refractivity (Wildman–Crippen MR) is 145 cm³/mol. The highest BCUT2D eigenvalue weighted by Gasteiger charge is 2.26. The molecule has 6 rings (SSSR count). The monoisotopic (exact) mass is 511 g/mol. The maximum atomic E-state index is 14.0. The molecule has 38 heavy (non-hydrogen) atoms. The molecule has 1 aliphatic heterocycles. The quantitative estimate of drug-likeness (QED) is 0.349. The van der Waals surface area contributed by atoms with Crippen LogP contribution in [0.5, 0.6) is 0 Å². The molecule has 5 aromatic rings. The molecule has 1 atom stereocenters. The van der Waals surface area contributed by atoms with Crippen molar-refractivity contribution in [1.29, 1.82) is 0 Å². The van der Waals surface area contributed by atoms with Gasteiger partial charge in [0.1, 0.15) is 17.5 Å². The van der Waals surface area contributed by atoms with Crippen LogP contribution < -0.4 is 10.6 Å². The zero-order valence-electron chi connectivity index (χ0n) is 20.9. The number of fused-ring (bicyclic) bond motifs is 1. The molecule has 0 radical (unpaired) electrons. The summed E-state index contributed by atoms with van der Waals surface area (Å²) in [6, 6.07) is 22.9. The Morgan fingerprint density at radius 2 is 1.55 bits per heavy atom. The van der Waals surface area contributed by atoms with Crippen molar-refractivity contribution >= 4 is 22.8 Å². The summed E-state index contributed by atoms with van der Waals surface area (Å²) in [5, 5.41) is 5.17. The van der Waals surface area contributed by atoms with Crippen molar-refractivity contribution in [2.75, 3.05) is 36.8 Å². The molecular weight excluding hydrogens is 484 g/mol. The standard InChI is InChI=1S/C29H27F2N7/c1-19(20-6-3-2-4-7-20)36-14-16-37(17-15-36)29-33-26(21-10-12-22(30)13-11-21)25-27(32)38(35-28(25)34-29)24-9-5-8-23(31)18-24/h2-13,18-19H,14-17,32H2,1H3/t19-/m1/s1. The molecule has 2 N–H and O–H groups in total. The van der Waals surface area contributed by atoms with Gasteiger partial charge in [-0.05, 0) is 55.0 Å². The molecule has 7 nitrogen and oxygen atoms in total. The van der Waals surface area contributed by atoms with Crippen LogP contribution in [-0.4, -0.2) is 50.8 Å². The molecule has 1 fully saturated rings. The van der Waals surface area contributed by atoms with Crippen LogP contribution in [0, 0.1) is 11.6 Å². The average molecular weight is 512 g/mol. The Bertz CT molecular complexity index is 1580. The van der Waals surface area contributed by atoms with Gasteiger partial charge in [0.2, 0.25) is 5.95 Å². The van der Waals surface area contributed by atoms with Crippen LogP contribution in [0.1, 0.15) is 18.5 Å². The van der Waals surface area contributed by atoms with Crippen LogP contribution in [0.25, 0.3) is 28.0 Å². The lowest BCUT2D eigenvalue weighted by Crippen LogP contribution is -2.47. The molecule has 0 spiro atoms. The van der Waals surface area contributed by atoms with Gasteiger partial charge in [0.05, 0.1) is 16.8 Å². The van der Waals surface area contributed by atoms with Gasteiger partial charge in [-0.15, -0.1) is 5.10 Å². The van der Waals surface area contributed by atoms with E-state index in [1.165, 1.54) is 34.5 Å². The van der Waals surface area contributed by atoms with E-state index in [0.717, 1.165) is 26.2 Å². The highest BCUT2D eigenvalue weighted by Crippen LogP contribution is 2.34. The molecular formula is C29H27F2N7. The van der Waals surface area contributed by atoms with E-state index in [4.69, 9.17) is 15.7 Å². The third-order valence-electron chi connectivity index (χ3n) is 7.15. The van der Waals surface area contributed by atoms with Crippen molar-refractivity contribution in [3.05, 3.63) is 96.1 Å². The van der Waals surface area contributed by atoms with E-state index in [-0.39, 0.29) is 11.6 Å². The number of hydrogen-bond donors (Lipinski definition) is 1. The first-order chi connectivity index (χ1) is 18.5. The highest BCUT2D eigenvalue weighted by molar-refractivity contribution is 5.99. The fourth-order valence-corrected chi connectivity index (χ4v) is 5.01. The normalized spacial score (nSPS) is 15.2. The molecule has 2 aromatic heterocycles. The predicted octanol–water partition coefficient (Wildman–Crippen LogP) is 5.23. The topological polar surface area (TPSA) is 76.1 Å². The maximum absolute atomic E-state index is 14.0. The van der Waals surface area contributed by atoms with Crippen molar-refractivity contribution < 1.29 is 8.78 Å². The summed E-state index contributed by atoms with van der Waals surface area (Å²) in [5.74, 6) is 0.0895. The zero-order valence-corrected chi connectivity index (χ0v) is 20.9. The Morgan fingerprint density at radius 3 is 2.26 bits per heavy atom. The first-order valence-electron chi connectivity index (χ1n) is 12.6. The SMILES string of the molecule is C[C@H](c1ccccc1)N1CCN(c2nc(-c3ccc(F)cc3)c3c(N)n(-c4cccc(F)c4)nc3n2)CC1. The van der Waals surface area contributed by atoms with Crippen molar-refractivity contribution in [3.8, 4) is 16.9 Å². The number of halogens is 2. The van der Waals surface area contributed by atoms with Crippen molar-refractivity contribution in [2.24, 2.45) is 0 Å². The Balaban J connectivity index is 1.37. The summed E-state index contributed by atoms with van der Waals surface area (Å²) < 4.78 is 29.2. The number of nitrogen functional groups attached to an aromatic ring is 1. The van der Waals surface area contributed by atoms with E-state index in [9.17, 15) is 8.78 Å². The second kappa shape index (κ2) is 9.83. The first kappa shape index (κ1) is 24.0. The molecule has 0 unspecified atom stereocenters. The smallest absolute Gasteiger partial charge is 0.228 e. The number of hydrogen-bond acceptors (Lipinski definition) is 6. The van der Waals surface area contributed by atoms with Gasteiger partial charge < -0.3 is 10.6 Å². The molecule has 3 heterocycles. The van der Waals surface area contributed by atoms with Gasteiger partial charge in [0.25, 0.3) is 0 Å². The molecule has 3 aromatic carbocycles. The average Bonchev–Trinajstić information content (AvgIpc) is 3.29. The number of nitrogens with zero attached hydrogens (tertiary/aromatic N) is 6. The first-order valence-corrected chi connectivity index (χ1v) is 12.6. The third-order valence-corrected chi connectivity index (χ3v) is 7.15. The molecule has 1 aliphatic rings. The summed E-state index contributed by atoms with van der Waals surface area (Å²) in [6.45, 7) is 5.41. The van der Waals surface area contributed by atoms with Crippen LogP contribution in [0.4, 0.5) is 20.5 Å². The van der Waals surface area contributed by atoms with E-state index in [1.54, 1.807) is 24.3 Å². The summed E-state index contributed by atoms with van der Waals surface area (Å²) in [5.41, 5.74) is 9.95. The lowest BCUT2D eigenvalue weighted by Gasteiger charge is -2.38. The Labute approximate surface area is 219 Å². The van der Waals surface area contributed by atoms with Crippen LogP contribution in [0.2, 0.25) is 0 Å². The van der Waals surface area contributed by atoms with Gasteiger partial charge in [-0.3, -0.25) is 4.90 Å². The minimum absolute atomic E-state index is 0.290. The minimum atomic E-state index is -0.394. The number of anilines is 2. The van der Waals surface area contributed by atoms with Crippen molar-refractivity contribution in [3.63, 3.8) is 0 Å². The molecule has 0 saturated carbocycles. The highest BCUT2D eigenvalue weighted by atomic mass is 19.1. The van der Waals surface area contributed by atoms with Crippen LogP contribution in [0.3, 0.4) is 0 Å². The van der Waals surface area contributed by atoms with Crippen LogP contribution in [0.15, 0.2) is 78.9 Å². The largest absolute Gasteiger partial charge is 0.383 e. The van der Waals surface area contributed by atoms with Gasteiger partial charge in [-0.2, -0.15) is 4.98 Å². The number of nitrogens with two attached hydrogens (primary N) is 1. The van der Waals surface area contributed by atoms with E-state index < -0.39 is 5.82 Å². The fraction of sp³-hybridized carbons (Fsp3) is 0.207. The fourth-order valence-electron chi connectivity index (χ4n) is 5.01. The van der Waals surface area contributed by atoms with Crippen LogP contribution in [-0.2, 0) is 0 Å². The summed E-state index contributed by atoms with van der Waals surface area (Å²) in [7, 11) is 0. The lowest BCUT2D eigenvalue weighted by molar-refractivity contribution is 0.198. The van der Waals surface area contributed by atoms with Gasteiger partial charge in [0.15, 0.2) is 5.65 Å². The third kappa shape index (κ3) is 4.45. The number of rotatable bonds is 5. The number of piperazine rings is 1. The zero-order chi connectivity index (χ0) is 26.2. The second-order valence-electron chi connectivity index (χ2n) is 9.46. The Morgan fingerprint density at radius 1 is 0.816 bits per heavy atom. The van der Waals surface area contributed by atoms with E-state index in [0.29, 0.717) is 40.0 Å². The van der Waals surface area contributed by atoms with Crippen molar-refractivity contribution in [2.45, 2.75) is 13.0 Å². The molecule has 9 heteroatoms. The number of aromatic nitrogens is 4. The minimum Gasteiger partial charge on any atom is -0.383 e. The van der Waals surface area contributed by atoms with E-state index in [2.05, 4.69) is 46.1 Å². The van der Waals surface area contributed by atoms with Crippen LogP contribution >= 0.6 is 0 Å². The molecule has 0 bridgehead atoms. The Hall–Kier alpha value is -4.37. The maximum Gasteiger partial charge on any atom is 0.228 e. The molecule has 1 saturated heterocycles. The second-order valence-corrected chi connectivity index (χ2v) is 9.46. The van der Waals surface area contributed by atoms with E-state index in [1.807, 2.05) is 6.07 Å². The van der Waals surface area contributed by atoms with Gasteiger partial charge in [-0.25, -0.2) is 18.4 Å². The van der Waals surface area contributed by atoms with Gasteiger partial charge >= 0.3 is 0 Å². The summed E-state index contributed by atoms with van der Waals surface area (Å²) in [6.07, 6.45) is 0. The molecule has 0 aliphatic carbocycles. The van der Waals surface area contributed by atoms with E-state index >= 15 is 0 Å². The molecule has 0 amide bonds. The molecule has 192 valence electrons. The van der Waals surface area contributed by atoms with Gasteiger partial charge in [-0.1, -0.05) is 36.4 Å². The number of benzene rings is 3. The van der Waals surface area contributed by atoms with Crippen molar-refractivity contribution in [1.82, 2.24) is 24.6 Å².